The summed E-state index contributed by atoms with van der Waals surface area (Å²) in [4.78, 5) is 20.3. The molecule has 4 heterocycles. The molecule has 1 saturated carbocycles. The van der Waals surface area contributed by atoms with Crippen LogP contribution in [0.15, 0.2) is 35.1 Å². The van der Waals surface area contributed by atoms with Gasteiger partial charge < -0.3 is 10.3 Å². The molecule has 0 saturated heterocycles. The van der Waals surface area contributed by atoms with Crippen LogP contribution in [0, 0.1) is 0 Å². The van der Waals surface area contributed by atoms with Crippen molar-refractivity contribution in [2.45, 2.75) is 70.9 Å². The molecule has 1 aliphatic carbocycles. The van der Waals surface area contributed by atoms with Crippen molar-refractivity contribution in [2.75, 3.05) is 0 Å². The van der Waals surface area contributed by atoms with Crippen molar-refractivity contribution in [3.05, 3.63) is 63.4 Å². The Morgan fingerprint density at radius 1 is 1.23 bits per heavy atom. The molecule has 0 radical (unpaired) electrons. The average Bonchev–Trinajstić information content (AvgIpc) is 3.51. The van der Waals surface area contributed by atoms with Crippen LogP contribution in [0.3, 0.4) is 0 Å². The van der Waals surface area contributed by atoms with Gasteiger partial charge in [0, 0.05) is 46.5 Å². The smallest absolute Gasteiger partial charge is 0.273 e. The van der Waals surface area contributed by atoms with Gasteiger partial charge in [0.1, 0.15) is 0 Å². The lowest BCUT2D eigenvalue weighted by atomic mass is 10.1. The molecule has 1 fully saturated rings. The van der Waals surface area contributed by atoms with E-state index in [-0.39, 0.29) is 5.91 Å². The van der Waals surface area contributed by atoms with Crippen LogP contribution in [0.1, 0.15) is 84.5 Å². The number of carbonyl (C=O) groups is 1. The third kappa shape index (κ3) is 5.58. The number of fused-ring (bicyclic) bond motifs is 1. The van der Waals surface area contributed by atoms with Crippen molar-refractivity contribution < 1.29 is 4.79 Å². The predicted molar refractivity (Wildman–Crippen MR) is 136 cm³/mol. The molecular weight excluding hydrogens is 508 g/mol. The first kappa shape index (κ1) is 23.6. The molecule has 35 heavy (non-hydrogen) atoms. The summed E-state index contributed by atoms with van der Waals surface area (Å²) in [6, 6.07) is 6.11. The van der Waals surface area contributed by atoms with E-state index in [0.29, 0.717) is 30.6 Å². The fraction of sp³-hybridized carbons (Fsp3) is 0.440. The van der Waals surface area contributed by atoms with E-state index in [4.69, 9.17) is 0 Å². The van der Waals surface area contributed by atoms with Gasteiger partial charge in [-0.3, -0.25) is 14.5 Å². The molecule has 4 aromatic rings. The molecule has 0 bridgehead atoms. The Labute approximate surface area is 212 Å². The Morgan fingerprint density at radius 2 is 2.09 bits per heavy atom. The van der Waals surface area contributed by atoms with Crippen molar-refractivity contribution in [2.24, 2.45) is 0 Å². The Bertz CT molecular complexity index is 1320. The van der Waals surface area contributed by atoms with E-state index in [1.807, 2.05) is 12.1 Å². The van der Waals surface area contributed by atoms with Crippen molar-refractivity contribution in [3.8, 4) is 0 Å². The highest BCUT2D eigenvalue weighted by Gasteiger charge is 2.28. The van der Waals surface area contributed by atoms with E-state index in [1.54, 1.807) is 17.1 Å². The summed E-state index contributed by atoms with van der Waals surface area (Å²) in [5.41, 5.74) is 5.38. The highest BCUT2D eigenvalue weighted by atomic mass is 79.9. The van der Waals surface area contributed by atoms with Crippen LogP contribution in [0.25, 0.3) is 11.0 Å². The quantitative estimate of drug-likeness (QED) is 0.285. The molecule has 9 nitrogen and oxygen atoms in total. The van der Waals surface area contributed by atoms with Gasteiger partial charge in [0.2, 0.25) is 0 Å². The summed E-state index contributed by atoms with van der Waals surface area (Å²) in [7, 11) is 0. The lowest BCUT2D eigenvalue weighted by Crippen LogP contribution is -2.23. The highest BCUT2D eigenvalue weighted by molar-refractivity contribution is 9.10. The molecule has 182 valence electrons. The third-order valence-corrected chi connectivity index (χ3v) is 7.14. The number of aromatic amines is 1. The van der Waals surface area contributed by atoms with Crippen LogP contribution in [-0.2, 0) is 19.5 Å². The Morgan fingerprint density at radius 3 is 2.83 bits per heavy atom. The zero-order chi connectivity index (χ0) is 24.4. The zero-order valence-electron chi connectivity index (χ0n) is 20.0. The summed E-state index contributed by atoms with van der Waals surface area (Å²) < 4.78 is 2.84. The zero-order valence-corrected chi connectivity index (χ0v) is 21.5. The molecule has 0 aromatic carbocycles. The minimum atomic E-state index is -0.240. The second-order valence-corrected chi connectivity index (χ2v) is 10.3. The van der Waals surface area contributed by atoms with E-state index < -0.39 is 0 Å². The van der Waals surface area contributed by atoms with Gasteiger partial charge in [0.05, 0.1) is 11.9 Å². The number of carbonyl (C=O) groups excluding carboxylic acids is 1. The topological polar surface area (TPSA) is 114 Å². The standard InChI is InChI=1S/C25H29BrN8O/c1-15(2)20-9-6-16(12-27-20)13-28-25(35)21-14-34(33-31-21)10-4-3-5-18-11-19-22(26)23(17-7-8-17)29-24(19)32-30-18/h6,9,11-12,14-15,17H,3-5,7-8,10,13H2,1-2H3,(H,28,35)(H,29,32). The molecule has 0 atom stereocenters. The number of nitrogens with zero attached hydrogens (tertiary/aromatic N) is 6. The van der Waals surface area contributed by atoms with Gasteiger partial charge in [-0.15, -0.1) is 10.2 Å². The number of hydrogen-bond donors (Lipinski definition) is 2. The van der Waals surface area contributed by atoms with Gasteiger partial charge in [-0.2, -0.15) is 5.10 Å². The second-order valence-electron chi connectivity index (χ2n) is 9.48. The Balaban J connectivity index is 1.08. The summed E-state index contributed by atoms with van der Waals surface area (Å²) in [6.07, 6.45) is 8.65. The second kappa shape index (κ2) is 10.2. The van der Waals surface area contributed by atoms with E-state index in [2.05, 4.69) is 71.6 Å². The van der Waals surface area contributed by atoms with Gasteiger partial charge in [-0.25, -0.2) is 0 Å². The normalized spacial score (nSPS) is 13.6. The van der Waals surface area contributed by atoms with Crippen LogP contribution in [-0.4, -0.2) is 41.1 Å². The number of aromatic nitrogens is 7. The number of nitrogens with one attached hydrogen (secondary N) is 2. The van der Waals surface area contributed by atoms with E-state index in [0.717, 1.165) is 51.7 Å². The number of H-pyrrole nitrogens is 1. The predicted octanol–water partition coefficient (Wildman–Crippen LogP) is 4.66. The molecule has 1 aliphatic rings. The third-order valence-electron chi connectivity index (χ3n) is 6.29. The first-order chi connectivity index (χ1) is 17.0. The molecule has 5 rings (SSSR count). The van der Waals surface area contributed by atoms with Gasteiger partial charge in [-0.1, -0.05) is 25.1 Å². The molecule has 10 heteroatoms. The summed E-state index contributed by atoms with van der Waals surface area (Å²) in [6.45, 7) is 5.30. The van der Waals surface area contributed by atoms with Crippen LogP contribution >= 0.6 is 15.9 Å². The Kier molecular flexibility index (Phi) is 6.90. The molecule has 1 amide bonds. The number of amides is 1. The number of unbranched alkanes of at least 4 members (excludes halogenated alkanes) is 1. The first-order valence-electron chi connectivity index (χ1n) is 12.1. The van der Waals surface area contributed by atoms with Crippen LogP contribution in [0.5, 0.6) is 0 Å². The molecule has 0 unspecified atom stereocenters. The number of hydrogen-bond acceptors (Lipinski definition) is 6. The van der Waals surface area contributed by atoms with Gasteiger partial charge in [-0.05, 0) is 71.6 Å². The molecule has 0 aliphatic heterocycles. The minimum Gasteiger partial charge on any atom is -0.346 e. The maximum atomic E-state index is 12.4. The number of aryl methyl sites for hydroxylation is 2. The number of halogens is 1. The monoisotopic (exact) mass is 536 g/mol. The fourth-order valence-corrected chi connectivity index (χ4v) is 4.77. The first-order valence-corrected chi connectivity index (χ1v) is 12.9. The lowest BCUT2D eigenvalue weighted by molar-refractivity contribution is 0.0945. The van der Waals surface area contributed by atoms with E-state index in [1.165, 1.54) is 18.5 Å². The molecule has 0 spiro atoms. The summed E-state index contributed by atoms with van der Waals surface area (Å²) in [5, 5.41) is 20.9. The Hall–Kier alpha value is -3.14. The largest absolute Gasteiger partial charge is 0.346 e. The van der Waals surface area contributed by atoms with Crippen LogP contribution < -0.4 is 5.32 Å². The fourth-order valence-electron chi connectivity index (χ4n) is 4.04. The lowest BCUT2D eigenvalue weighted by Gasteiger charge is -2.06. The maximum Gasteiger partial charge on any atom is 0.273 e. The summed E-state index contributed by atoms with van der Waals surface area (Å²) >= 11 is 3.73. The maximum absolute atomic E-state index is 12.4. The van der Waals surface area contributed by atoms with Crippen LogP contribution in [0.4, 0.5) is 0 Å². The average molecular weight is 537 g/mol. The van der Waals surface area contributed by atoms with Gasteiger partial charge in [0.25, 0.3) is 5.91 Å². The summed E-state index contributed by atoms with van der Waals surface area (Å²) in [5.74, 6) is 0.771. The molecular formula is C25H29BrN8O. The molecule has 4 aromatic heterocycles. The van der Waals surface area contributed by atoms with Crippen molar-refractivity contribution in [3.63, 3.8) is 0 Å². The SMILES string of the molecule is CC(C)c1ccc(CNC(=O)c2cn(CCCCc3cc4c(Br)c(C5CC5)[nH]c4nn3)nn2)cn1. The number of pyridine rings is 1. The highest BCUT2D eigenvalue weighted by Crippen LogP contribution is 2.44. The van der Waals surface area contributed by atoms with Crippen molar-refractivity contribution >= 4 is 32.9 Å². The van der Waals surface area contributed by atoms with Gasteiger partial charge >= 0.3 is 0 Å². The van der Waals surface area contributed by atoms with E-state index >= 15 is 0 Å². The minimum absolute atomic E-state index is 0.240. The van der Waals surface area contributed by atoms with Crippen LogP contribution in [0.2, 0.25) is 0 Å². The molecule has 2 N–H and O–H groups in total. The van der Waals surface area contributed by atoms with Crippen molar-refractivity contribution in [1.82, 2.24) is 40.5 Å². The number of rotatable bonds is 10. The van der Waals surface area contributed by atoms with E-state index in [9.17, 15) is 4.79 Å². The van der Waals surface area contributed by atoms with Crippen molar-refractivity contribution in [1.29, 1.82) is 0 Å². The van der Waals surface area contributed by atoms with Gasteiger partial charge in [0.15, 0.2) is 11.3 Å².